The van der Waals surface area contributed by atoms with E-state index in [1.165, 1.54) is 6.42 Å². The van der Waals surface area contributed by atoms with Gasteiger partial charge in [-0.15, -0.1) is 0 Å². The summed E-state index contributed by atoms with van der Waals surface area (Å²) in [5.41, 5.74) is 1.62. The zero-order valence-electron chi connectivity index (χ0n) is 16.0. The van der Waals surface area contributed by atoms with Crippen LogP contribution in [0.2, 0.25) is 0 Å². The summed E-state index contributed by atoms with van der Waals surface area (Å²) in [6.45, 7) is 6.18. The molecule has 0 aromatic heterocycles. The minimum atomic E-state index is -0.854. The fourth-order valence-electron chi connectivity index (χ4n) is 4.74. The highest BCUT2D eigenvalue weighted by Gasteiger charge is 2.35. The molecule has 1 amide bonds. The second kappa shape index (κ2) is 7.81. The SMILES string of the molecule is CC1(C)CCCC(C(=O)N2CCC(Cc3ccccc3C(=O)O)CC2)C1. The van der Waals surface area contributed by atoms with Gasteiger partial charge in [0.05, 0.1) is 5.56 Å². The number of nitrogens with zero attached hydrogens (tertiary/aromatic N) is 1. The van der Waals surface area contributed by atoms with Crippen molar-refractivity contribution < 1.29 is 14.7 Å². The first-order chi connectivity index (χ1) is 12.4. The summed E-state index contributed by atoms with van der Waals surface area (Å²) in [4.78, 5) is 26.3. The summed E-state index contributed by atoms with van der Waals surface area (Å²) in [6.07, 6.45) is 7.16. The highest BCUT2D eigenvalue weighted by atomic mass is 16.4. The van der Waals surface area contributed by atoms with Crippen molar-refractivity contribution in [3.63, 3.8) is 0 Å². The molecule has 0 radical (unpaired) electrons. The normalized spacial score (nSPS) is 23.6. The third-order valence-electron chi connectivity index (χ3n) is 6.24. The summed E-state index contributed by atoms with van der Waals surface area (Å²) in [7, 11) is 0. The average molecular weight is 357 g/mol. The molecular formula is C22H31NO3. The maximum absolute atomic E-state index is 12.9. The van der Waals surface area contributed by atoms with E-state index in [9.17, 15) is 14.7 Å². The molecule has 1 aliphatic carbocycles. The van der Waals surface area contributed by atoms with E-state index in [2.05, 4.69) is 18.7 Å². The van der Waals surface area contributed by atoms with Crippen molar-refractivity contribution in [2.45, 2.75) is 58.8 Å². The van der Waals surface area contributed by atoms with Gasteiger partial charge in [-0.2, -0.15) is 0 Å². The number of hydrogen-bond acceptors (Lipinski definition) is 2. The lowest BCUT2D eigenvalue weighted by molar-refractivity contribution is -0.139. The highest BCUT2D eigenvalue weighted by Crippen LogP contribution is 2.39. The summed E-state index contributed by atoms with van der Waals surface area (Å²) >= 11 is 0. The van der Waals surface area contributed by atoms with Crippen molar-refractivity contribution in [3.8, 4) is 0 Å². The lowest BCUT2D eigenvalue weighted by Crippen LogP contribution is -2.44. The van der Waals surface area contributed by atoms with Crippen LogP contribution >= 0.6 is 0 Å². The number of piperidine rings is 1. The maximum Gasteiger partial charge on any atom is 0.335 e. The molecule has 1 N–H and O–H groups in total. The van der Waals surface area contributed by atoms with Gasteiger partial charge in [-0.05, 0) is 61.5 Å². The number of hydrogen-bond donors (Lipinski definition) is 1. The van der Waals surface area contributed by atoms with Crippen molar-refractivity contribution in [2.75, 3.05) is 13.1 Å². The Morgan fingerprint density at radius 1 is 1.15 bits per heavy atom. The number of carbonyl (C=O) groups is 2. The number of carboxylic acid groups (broad SMARTS) is 1. The second-order valence-corrected chi connectivity index (χ2v) is 8.89. The van der Waals surface area contributed by atoms with E-state index in [1.54, 1.807) is 12.1 Å². The first-order valence-corrected chi connectivity index (χ1v) is 9.96. The molecule has 1 unspecified atom stereocenters. The molecule has 1 aromatic rings. The molecule has 1 aliphatic heterocycles. The minimum Gasteiger partial charge on any atom is -0.478 e. The monoisotopic (exact) mass is 357 g/mol. The molecule has 1 atom stereocenters. The van der Waals surface area contributed by atoms with Crippen molar-refractivity contribution in [1.29, 1.82) is 0 Å². The third-order valence-corrected chi connectivity index (χ3v) is 6.24. The van der Waals surface area contributed by atoms with E-state index in [1.807, 2.05) is 12.1 Å². The predicted molar refractivity (Wildman–Crippen MR) is 102 cm³/mol. The number of aromatic carboxylic acids is 1. The Balaban J connectivity index is 1.55. The molecule has 1 heterocycles. The number of likely N-dealkylation sites (tertiary alicyclic amines) is 1. The molecule has 0 spiro atoms. The molecule has 26 heavy (non-hydrogen) atoms. The van der Waals surface area contributed by atoms with Gasteiger partial charge in [-0.1, -0.05) is 38.5 Å². The van der Waals surface area contributed by atoms with Crippen LogP contribution in [0.25, 0.3) is 0 Å². The highest BCUT2D eigenvalue weighted by molar-refractivity contribution is 5.89. The van der Waals surface area contributed by atoms with Crippen LogP contribution in [0.5, 0.6) is 0 Å². The van der Waals surface area contributed by atoms with Crippen LogP contribution in [0, 0.1) is 17.3 Å². The largest absolute Gasteiger partial charge is 0.478 e. The third kappa shape index (κ3) is 4.46. The molecule has 4 heteroatoms. The lowest BCUT2D eigenvalue weighted by Gasteiger charge is -2.39. The smallest absolute Gasteiger partial charge is 0.335 e. The molecule has 3 rings (SSSR count). The Morgan fingerprint density at radius 2 is 1.85 bits per heavy atom. The van der Waals surface area contributed by atoms with Crippen LogP contribution in [0.4, 0.5) is 0 Å². The Labute approximate surface area is 156 Å². The van der Waals surface area contributed by atoms with Crippen LogP contribution in [-0.2, 0) is 11.2 Å². The van der Waals surface area contributed by atoms with Gasteiger partial charge >= 0.3 is 5.97 Å². The number of carbonyl (C=O) groups excluding carboxylic acids is 1. The first kappa shape index (κ1) is 18.9. The molecular weight excluding hydrogens is 326 g/mol. The van der Waals surface area contributed by atoms with Crippen LogP contribution in [0.15, 0.2) is 24.3 Å². The summed E-state index contributed by atoms with van der Waals surface area (Å²) in [5, 5.41) is 9.34. The zero-order valence-corrected chi connectivity index (χ0v) is 16.0. The quantitative estimate of drug-likeness (QED) is 0.870. The van der Waals surface area contributed by atoms with Gasteiger partial charge < -0.3 is 10.0 Å². The molecule has 4 nitrogen and oxygen atoms in total. The molecule has 1 saturated heterocycles. The summed E-state index contributed by atoms with van der Waals surface area (Å²) in [5.74, 6) is 0.153. The Morgan fingerprint density at radius 3 is 2.50 bits per heavy atom. The fraction of sp³-hybridized carbons (Fsp3) is 0.636. The Hall–Kier alpha value is -1.84. The van der Waals surface area contributed by atoms with Gasteiger partial charge in [0, 0.05) is 19.0 Å². The maximum atomic E-state index is 12.9. The van der Waals surface area contributed by atoms with E-state index >= 15 is 0 Å². The molecule has 0 bridgehead atoms. The van der Waals surface area contributed by atoms with Gasteiger partial charge in [0.1, 0.15) is 0 Å². The van der Waals surface area contributed by atoms with Crippen molar-refractivity contribution in [2.24, 2.45) is 17.3 Å². The van der Waals surface area contributed by atoms with Crippen LogP contribution in [-0.4, -0.2) is 35.0 Å². The van der Waals surface area contributed by atoms with Gasteiger partial charge in [0.25, 0.3) is 0 Å². The fourth-order valence-corrected chi connectivity index (χ4v) is 4.74. The van der Waals surface area contributed by atoms with Gasteiger partial charge in [0.15, 0.2) is 0 Å². The van der Waals surface area contributed by atoms with Crippen LogP contribution in [0.1, 0.15) is 68.3 Å². The minimum absolute atomic E-state index is 0.197. The number of benzene rings is 1. The number of amides is 1. The van der Waals surface area contributed by atoms with Crippen LogP contribution in [0.3, 0.4) is 0 Å². The van der Waals surface area contributed by atoms with Crippen molar-refractivity contribution in [3.05, 3.63) is 35.4 Å². The van der Waals surface area contributed by atoms with Crippen molar-refractivity contribution >= 4 is 11.9 Å². The number of rotatable bonds is 4. The summed E-state index contributed by atoms with van der Waals surface area (Å²) in [6, 6.07) is 7.29. The zero-order chi connectivity index (χ0) is 18.7. The van der Waals surface area contributed by atoms with Gasteiger partial charge in [-0.3, -0.25) is 4.79 Å². The molecule has 1 saturated carbocycles. The molecule has 142 valence electrons. The molecule has 1 aromatic carbocycles. The van der Waals surface area contributed by atoms with E-state index in [-0.39, 0.29) is 11.3 Å². The first-order valence-electron chi connectivity index (χ1n) is 9.96. The number of carboxylic acids is 1. The van der Waals surface area contributed by atoms with Gasteiger partial charge in [-0.25, -0.2) is 4.79 Å². The molecule has 2 fully saturated rings. The van der Waals surface area contributed by atoms with Gasteiger partial charge in [0.2, 0.25) is 5.91 Å². The average Bonchev–Trinajstić information content (AvgIpc) is 2.61. The van der Waals surface area contributed by atoms with Crippen LogP contribution < -0.4 is 0 Å². The second-order valence-electron chi connectivity index (χ2n) is 8.89. The Bertz CT molecular complexity index is 659. The predicted octanol–water partition coefficient (Wildman–Crippen LogP) is 4.38. The van der Waals surface area contributed by atoms with E-state index in [0.29, 0.717) is 17.4 Å². The topological polar surface area (TPSA) is 57.6 Å². The van der Waals surface area contributed by atoms with E-state index < -0.39 is 5.97 Å². The summed E-state index contributed by atoms with van der Waals surface area (Å²) < 4.78 is 0. The molecule has 2 aliphatic rings. The van der Waals surface area contributed by atoms with E-state index in [4.69, 9.17) is 0 Å². The van der Waals surface area contributed by atoms with E-state index in [0.717, 1.165) is 57.2 Å². The lowest BCUT2D eigenvalue weighted by atomic mass is 9.71. The standard InChI is InChI=1S/C22H31NO3/c1-22(2)11-5-7-18(15-22)20(24)23-12-9-16(10-13-23)14-17-6-3-4-8-19(17)21(25)26/h3-4,6,8,16,18H,5,7,9-15H2,1-2H3,(H,25,26). The Kier molecular flexibility index (Phi) is 5.69. The van der Waals surface area contributed by atoms with Crippen molar-refractivity contribution in [1.82, 2.24) is 4.90 Å².